The molecule has 38 heavy (non-hydrogen) atoms. The van der Waals surface area contributed by atoms with E-state index >= 15 is 0 Å². The van der Waals surface area contributed by atoms with Gasteiger partial charge in [-0.3, -0.25) is 24.5 Å². The van der Waals surface area contributed by atoms with Crippen molar-refractivity contribution in [1.82, 2.24) is 0 Å². The number of fused-ring (bicyclic) bond motifs is 1. The summed E-state index contributed by atoms with van der Waals surface area (Å²) in [5.41, 5.74) is 1.62. The maximum absolute atomic E-state index is 13.0. The third-order valence-corrected chi connectivity index (χ3v) is 6.89. The molecule has 0 unspecified atom stereocenters. The summed E-state index contributed by atoms with van der Waals surface area (Å²) >= 11 is 1.43. The number of benzene rings is 4. The Morgan fingerprint density at radius 1 is 0.842 bits per heavy atom. The molecule has 0 fully saturated rings. The number of nitrogens with zero attached hydrogens (tertiary/aromatic N) is 2. The number of nitro benzene ring substituents is 1. The lowest BCUT2D eigenvalue weighted by Gasteiger charge is -2.14. The Balaban J connectivity index is 1.27. The molecule has 10 heteroatoms. The van der Waals surface area contributed by atoms with Gasteiger partial charge in [0.05, 0.1) is 28.8 Å². The zero-order chi connectivity index (χ0) is 26.8. The predicted molar refractivity (Wildman–Crippen MR) is 142 cm³/mol. The standard InChI is InChI=1S/C28H19N3O6S/c1-37-21-9-5-19(6-10-21)30-27(33)24-15-2-17(16-25(24)28(30)34)26(32)29-18-3-11-22(12-4-18)38-23-13-7-20(8-14-23)31(35)36/h2-16H,1H3,(H,29,32). The van der Waals surface area contributed by atoms with Gasteiger partial charge in [0.1, 0.15) is 5.75 Å². The van der Waals surface area contributed by atoms with Crippen LogP contribution in [0.1, 0.15) is 31.1 Å². The summed E-state index contributed by atoms with van der Waals surface area (Å²) in [6.07, 6.45) is 0. The van der Waals surface area contributed by atoms with E-state index in [9.17, 15) is 24.5 Å². The van der Waals surface area contributed by atoms with Gasteiger partial charge in [-0.1, -0.05) is 11.8 Å². The maximum Gasteiger partial charge on any atom is 0.269 e. The van der Waals surface area contributed by atoms with Crippen molar-refractivity contribution in [1.29, 1.82) is 0 Å². The second-order valence-corrected chi connectivity index (χ2v) is 9.38. The van der Waals surface area contributed by atoms with Crippen molar-refractivity contribution in [3.05, 3.63) is 118 Å². The number of imide groups is 1. The van der Waals surface area contributed by atoms with Crippen LogP contribution >= 0.6 is 11.8 Å². The molecule has 1 aliphatic rings. The summed E-state index contributed by atoms with van der Waals surface area (Å²) in [7, 11) is 1.53. The Kier molecular flexibility index (Phi) is 6.63. The van der Waals surface area contributed by atoms with Gasteiger partial charge in [0, 0.05) is 33.2 Å². The summed E-state index contributed by atoms with van der Waals surface area (Å²) in [6.45, 7) is 0. The molecule has 1 aliphatic heterocycles. The summed E-state index contributed by atoms with van der Waals surface area (Å²) in [5.74, 6) is -0.783. The molecule has 0 aromatic heterocycles. The molecule has 0 aliphatic carbocycles. The zero-order valence-electron chi connectivity index (χ0n) is 19.9. The lowest BCUT2D eigenvalue weighted by atomic mass is 10.1. The first-order valence-corrected chi connectivity index (χ1v) is 12.2. The van der Waals surface area contributed by atoms with E-state index in [1.165, 1.54) is 49.2 Å². The molecule has 0 radical (unpaired) electrons. The third-order valence-electron chi connectivity index (χ3n) is 5.87. The van der Waals surface area contributed by atoms with E-state index in [-0.39, 0.29) is 22.4 Å². The van der Waals surface area contributed by atoms with E-state index < -0.39 is 22.6 Å². The molecule has 4 aromatic rings. The Morgan fingerprint density at radius 2 is 1.45 bits per heavy atom. The fourth-order valence-electron chi connectivity index (χ4n) is 3.93. The molecule has 3 amide bonds. The smallest absolute Gasteiger partial charge is 0.269 e. The average molecular weight is 526 g/mol. The van der Waals surface area contributed by atoms with Crippen LogP contribution in [0.25, 0.3) is 0 Å². The first kappa shape index (κ1) is 24.7. The fourth-order valence-corrected chi connectivity index (χ4v) is 4.75. The van der Waals surface area contributed by atoms with Crippen molar-refractivity contribution in [3.8, 4) is 5.75 Å². The quantitative estimate of drug-likeness (QED) is 0.184. The van der Waals surface area contributed by atoms with E-state index in [2.05, 4.69) is 5.32 Å². The highest BCUT2D eigenvalue weighted by Gasteiger charge is 2.37. The molecule has 9 nitrogen and oxygen atoms in total. The van der Waals surface area contributed by atoms with Crippen LogP contribution in [0, 0.1) is 10.1 Å². The summed E-state index contributed by atoms with van der Waals surface area (Å²) in [6, 6.07) is 24.3. The van der Waals surface area contributed by atoms with Crippen LogP contribution < -0.4 is 15.0 Å². The van der Waals surface area contributed by atoms with E-state index in [1.807, 2.05) is 12.1 Å². The van der Waals surface area contributed by atoms with Gasteiger partial charge < -0.3 is 10.1 Å². The normalized spacial score (nSPS) is 12.3. The Labute approximate surface area is 221 Å². The molecule has 0 saturated carbocycles. The molecular weight excluding hydrogens is 506 g/mol. The van der Waals surface area contributed by atoms with E-state index in [0.29, 0.717) is 17.1 Å². The van der Waals surface area contributed by atoms with Gasteiger partial charge in [0.15, 0.2) is 0 Å². The lowest BCUT2D eigenvalue weighted by Crippen LogP contribution is -2.29. The van der Waals surface area contributed by atoms with Crippen molar-refractivity contribution in [2.24, 2.45) is 0 Å². The largest absolute Gasteiger partial charge is 0.497 e. The van der Waals surface area contributed by atoms with Crippen molar-refractivity contribution in [2.45, 2.75) is 9.79 Å². The number of carbonyl (C=O) groups excluding carboxylic acids is 3. The number of hydrogen-bond donors (Lipinski definition) is 1. The Hall–Kier alpha value is -4.96. The second kappa shape index (κ2) is 10.2. The minimum absolute atomic E-state index is 0.0264. The number of nitro groups is 1. The number of hydrogen-bond acceptors (Lipinski definition) is 7. The van der Waals surface area contributed by atoms with E-state index in [4.69, 9.17) is 4.74 Å². The number of methoxy groups -OCH3 is 1. The highest BCUT2D eigenvalue weighted by atomic mass is 32.2. The van der Waals surface area contributed by atoms with Crippen molar-refractivity contribution < 1.29 is 24.0 Å². The van der Waals surface area contributed by atoms with Crippen molar-refractivity contribution >= 4 is 46.5 Å². The van der Waals surface area contributed by atoms with Crippen molar-refractivity contribution in [3.63, 3.8) is 0 Å². The summed E-state index contributed by atoms with van der Waals surface area (Å²) in [4.78, 5) is 52.0. The highest BCUT2D eigenvalue weighted by molar-refractivity contribution is 7.99. The molecule has 5 rings (SSSR count). The summed E-state index contributed by atoms with van der Waals surface area (Å²) in [5, 5.41) is 13.6. The number of anilines is 2. The average Bonchev–Trinajstić information content (AvgIpc) is 3.19. The molecule has 4 aromatic carbocycles. The van der Waals surface area contributed by atoms with Gasteiger partial charge >= 0.3 is 0 Å². The van der Waals surface area contributed by atoms with Crippen LogP contribution in [0.3, 0.4) is 0 Å². The SMILES string of the molecule is COc1ccc(N2C(=O)c3ccc(C(=O)Nc4ccc(Sc5ccc([N+](=O)[O-])cc5)cc4)cc3C2=O)cc1. The van der Waals surface area contributed by atoms with E-state index in [1.54, 1.807) is 48.5 Å². The molecule has 1 N–H and O–H groups in total. The molecule has 0 bridgehead atoms. The van der Waals surface area contributed by atoms with Gasteiger partial charge in [-0.05, 0) is 78.9 Å². The van der Waals surface area contributed by atoms with Crippen LogP contribution in [0.15, 0.2) is 101 Å². The van der Waals surface area contributed by atoms with Gasteiger partial charge in [-0.2, -0.15) is 0 Å². The van der Waals surface area contributed by atoms with Gasteiger partial charge in [0.25, 0.3) is 23.4 Å². The molecular formula is C28H19N3O6S. The van der Waals surface area contributed by atoms with Gasteiger partial charge in [-0.15, -0.1) is 0 Å². The van der Waals surface area contributed by atoms with E-state index in [0.717, 1.165) is 14.7 Å². The topological polar surface area (TPSA) is 119 Å². The number of rotatable bonds is 7. The Morgan fingerprint density at radius 3 is 2.05 bits per heavy atom. The zero-order valence-corrected chi connectivity index (χ0v) is 20.7. The third kappa shape index (κ3) is 4.84. The lowest BCUT2D eigenvalue weighted by molar-refractivity contribution is -0.384. The summed E-state index contributed by atoms with van der Waals surface area (Å²) < 4.78 is 5.13. The molecule has 188 valence electrons. The van der Waals surface area contributed by atoms with Crippen molar-refractivity contribution in [2.75, 3.05) is 17.3 Å². The number of nitrogens with one attached hydrogen (secondary N) is 1. The number of ether oxygens (including phenoxy) is 1. The minimum atomic E-state index is -0.502. The van der Waals surface area contributed by atoms with Crippen LogP contribution in [-0.2, 0) is 0 Å². The minimum Gasteiger partial charge on any atom is -0.497 e. The second-order valence-electron chi connectivity index (χ2n) is 8.24. The molecule has 0 saturated heterocycles. The highest BCUT2D eigenvalue weighted by Crippen LogP contribution is 2.32. The molecule has 0 spiro atoms. The molecule has 1 heterocycles. The number of carbonyl (C=O) groups is 3. The number of amides is 3. The molecule has 0 atom stereocenters. The first-order chi connectivity index (χ1) is 18.3. The fraction of sp³-hybridized carbons (Fsp3) is 0.0357. The Bertz CT molecular complexity index is 1570. The number of non-ortho nitro benzene ring substituents is 1. The van der Waals surface area contributed by atoms with Crippen LogP contribution in [-0.4, -0.2) is 29.8 Å². The van der Waals surface area contributed by atoms with Crippen LogP contribution in [0.5, 0.6) is 5.75 Å². The van der Waals surface area contributed by atoms with Crippen LogP contribution in [0.4, 0.5) is 17.1 Å². The predicted octanol–water partition coefficient (Wildman–Crippen LogP) is 5.81. The van der Waals surface area contributed by atoms with Crippen LogP contribution in [0.2, 0.25) is 0 Å². The van der Waals surface area contributed by atoms with Gasteiger partial charge in [0.2, 0.25) is 0 Å². The van der Waals surface area contributed by atoms with Gasteiger partial charge in [-0.25, -0.2) is 4.90 Å². The monoisotopic (exact) mass is 525 g/mol. The first-order valence-electron chi connectivity index (χ1n) is 11.3. The maximum atomic E-state index is 13.0.